The zero-order valence-electron chi connectivity index (χ0n) is 16.6. The second kappa shape index (κ2) is 7.35. The van der Waals surface area contributed by atoms with Crippen molar-refractivity contribution in [3.8, 4) is 0 Å². The number of nitrogens with zero attached hydrogens (tertiary/aromatic N) is 1. The molecule has 25 heavy (non-hydrogen) atoms. The largest absolute Gasteiger partial charge is 0.370 e. The van der Waals surface area contributed by atoms with Crippen molar-refractivity contribution < 1.29 is 4.79 Å². The standard InChI is InChI=1S/C21H35N3O/c1-14-10-11-17-20(3,4)12-7-13-21(17,5)16(14)9-6-8-15(2)18(25)24-19(22)23/h8,17H,6-7,9-13H2,1-5H3,(H4,22,23,24,25)/b15-8+/t17-,21+/m0/s1. The van der Waals surface area contributed by atoms with Gasteiger partial charge in [0.1, 0.15) is 0 Å². The van der Waals surface area contributed by atoms with Gasteiger partial charge in [0.15, 0.2) is 5.96 Å². The van der Waals surface area contributed by atoms with Crippen molar-refractivity contribution in [3.05, 3.63) is 22.8 Å². The highest BCUT2D eigenvalue weighted by Gasteiger charge is 2.49. The molecule has 2 aliphatic rings. The lowest BCUT2D eigenvalue weighted by atomic mass is 9.50. The average molecular weight is 346 g/mol. The highest BCUT2D eigenvalue weighted by molar-refractivity contribution is 6.00. The van der Waals surface area contributed by atoms with E-state index in [-0.39, 0.29) is 11.9 Å². The average Bonchev–Trinajstić information content (AvgIpc) is 2.48. The van der Waals surface area contributed by atoms with Crippen molar-refractivity contribution in [1.82, 2.24) is 0 Å². The van der Waals surface area contributed by atoms with E-state index in [9.17, 15) is 4.79 Å². The molecule has 0 aromatic rings. The fourth-order valence-electron chi connectivity index (χ4n) is 5.42. The number of carbonyl (C=O) groups excluding carboxylic acids is 1. The molecule has 4 heteroatoms. The van der Waals surface area contributed by atoms with Gasteiger partial charge < -0.3 is 11.5 Å². The van der Waals surface area contributed by atoms with Gasteiger partial charge in [-0.15, -0.1) is 0 Å². The maximum atomic E-state index is 11.8. The Bertz CT molecular complexity index is 623. The Kier molecular flexibility index (Phi) is 5.80. The number of allylic oxidation sites excluding steroid dienone is 3. The van der Waals surface area contributed by atoms with E-state index in [2.05, 4.69) is 32.7 Å². The van der Waals surface area contributed by atoms with Crippen LogP contribution in [0.15, 0.2) is 27.8 Å². The molecular formula is C21H35N3O. The minimum Gasteiger partial charge on any atom is -0.370 e. The SMILES string of the molecule is CC1=C(CC/C=C(\C)C(=O)N=C(N)N)[C@@]2(C)CCCC(C)(C)[C@@H]2CC1. The van der Waals surface area contributed by atoms with E-state index in [0.717, 1.165) is 18.8 Å². The normalized spacial score (nSPS) is 29.2. The van der Waals surface area contributed by atoms with Crippen molar-refractivity contribution in [2.75, 3.05) is 0 Å². The summed E-state index contributed by atoms with van der Waals surface area (Å²) in [7, 11) is 0. The van der Waals surface area contributed by atoms with Crippen LogP contribution in [0.5, 0.6) is 0 Å². The summed E-state index contributed by atoms with van der Waals surface area (Å²) in [5, 5.41) is 0. The van der Waals surface area contributed by atoms with E-state index in [1.807, 2.05) is 6.08 Å². The predicted octanol–water partition coefficient (Wildman–Crippen LogP) is 4.46. The van der Waals surface area contributed by atoms with Crippen molar-refractivity contribution in [2.24, 2.45) is 33.2 Å². The number of hydrogen-bond acceptors (Lipinski definition) is 1. The Labute approximate surface area is 152 Å². The maximum absolute atomic E-state index is 11.8. The second-order valence-electron chi connectivity index (χ2n) is 8.88. The van der Waals surface area contributed by atoms with Gasteiger partial charge in [0.25, 0.3) is 5.91 Å². The zero-order chi connectivity index (χ0) is 18.8. The zero-order valence-corrected chi connectivity index (χ0v) is 16.6. The quantitative estimate of drug-likeness (QED) is 0.342. The smallest absolute Gasteiger partial charge is 0.275 e. The number of guanidine groups is 1. The van der Waals surface area contributed by atoms with Crippen LogP contribution in [-0.2, 0) is 4.79 Å². The van der Waals surface area contributed by atoms with E-state index in [1.165, 1.54) is 32.1 Å². The topological polar surface area (TPSA) is 81.5 Å². The molecule has 0 saturated heterocycles. The molecule has 2 atom stereocenters. The van der Waals surface area contributed by atoms with Gasteiger partial charge in [-0.1, -0.05) is 44.4 Å². The molecule has 0 bridgehead atoms. The molecule has 2 rings (SSSR count). The molecule has 1 saturated carbocycles. The van der Waals surface area contributed by atoms with E-state index in [0.29, 0.717) is 16.4 Å². The van der Waals surface area contributed by atoms with Gasteiger partial charge in [-0.2, -0.15) is 4.99 Å². The summed E-state index contributed by atoms with van der Waals surface area (Å²) >= 11 is 0. The van der Waals surface area contributed by atoms with Gasteiger partial charge in [0.2, 0.25) is 0 Å². The van der Waals surface area contributed by atoms with Crippen LogP contribution < -0.4 is 11.5 Å². The summed E-state index contributed by atoms with van der Waals surface area (Å²) in [5.74, 6) is 0.251. The van der Waals surface area contributed by atoms with Gasteiger partial charge in [0.05, 0.1) is 0 Å². The molecule has 4 N–H and O–H groups in total. The summed E-state index contributed by atoms with van der Waals surface area (Å²) in [6, 6.07) is 0. The summed E-state index contributed by atoms with van der Waals surface area (Å²) in [6.45, 7) is 11.5. The number of hydrogen-bond donors (Lipinski definition) is 2. The number of nitrogens with two attached hydrogens (primary N) is 2. The molecule has 2 aliphatic carbocycles. The van der Waals surface area contributed by atoms with E-state index in [4.69, 9.17) is 11.5 Å². The van der Waals surface area contributed by atoms with Gasteiger partial charge in [-0.3, -0.25) is 4.79 Å². The first-order valence-electron chi connectivity index (χ1n) is 9.58. The monoisotopic (exact) mass is 345 g/mol. The lowest BCUT2D eigenvalue weighted by Crippen LogP contribution is -2.45. The van der Waals surface area contributed by atoms with Crippen LogP contribution in [0.25, 0.3) is 0 Å². The summed E-state index contributed by atoms with van der Waals surface area (Å²) < 4.78 is 0. The first-order valence-corrected chi connectivity index (χ1v) is 9.58. The molecule has 140 valence electrons. The number of carbonyl (C=O) groups is 1. The predicted molar refractivity (Wildman–Crippen MR) is 105 cm³/mol. The number of fused-ring (bicyclic) bond motifs is 1. The Hall–Kier alpha value is -1.58. The summed E-state index contributed by atoms with van der Waals surface area (Å²) in [4.78, 5) is 15.5. The molecule has 0 aromatic heterocycles. The van der Waals surface area contributed by atoms with Crippen molar-refractivity contribution in [1.29, 1.82) is 0 Å². The molecule has 0 radical (unpaired) electrons. The highest BCUT2D eigenvalue weighted by Crippen LogP contribution is 2.60. The maximum Gasteiger partial charge on any atom is 0.275 e. The minimum atomic E-state index is -0.336. The van der Waals surface area contributed by atoms with Crippen LogP contribution in [0.1, 0.15) is 79.6 Å². The van der Waals surface area contributed by atoms with Gasteiger partial charge in [-0.25, -0.2) is 0 Å². The fraction of sp³-hybridized carbons (Fsp3) is 0.714. The molecule has 1 amide bonds. The van der Waals surface area contributed by atoms with E-state index >= 15 is 0 Å². The fourth-order valence-corrected chi connectivity index (χ4v) is 5.42. The van der Waals surface area contributed by atoms with Crippen LogP contribution in [0.3, 0.4) is 0 Å². The van der Waals surface area contributed by atoms with Gasteiger partial charge in [0, 0.05) is 5.57 Å². The summed E-state index contributed by atoms with van der Waals surface area (Å²) in [6.07, 6.45) is 10.4. The second-order valence-corrected chi connectivity index (χ2v) is 8.88. The molecule has 0 aliphatic heterocycles. The molecule has 1 fully saturated rings. The Balaban J connectivity index is 2.15. The first-order chi connectivity index (χ1) is 11.6. The van der Waals surface area contributed by atoms with Crippen molar-refractivity contribution in [2.45, 2.75) is 79.6 Å². The van der Waals surface area contributed by atoms with E-state index < -0.39 is 0 Å². The molecule has 0 spiro atoms. The molecular weight excluding hydrogens is 310 g/mol. The third kappa shape index (κ3) is 4.16. The third-order valence-electron chi connectivity index (χ3n) is 6.66. The van der Waals surface area contributed by atoms with Crippen molar-refractivity contribution in [3.63, 3.8) is 0 Å². The molecule has 0 unspecified atom stereocenters. The Morgan fingerprint density at radius 3 is 2.60 bits per heavy atom. The summed E-state index contributed by atoms with van der Waals surface area (Å²) in [5.41, 5.74) is 15.1. The third-order valence-corrected chi connectivity index (χ3v) is 6.66. The van der Waals surface area contributed by atoms with Crippen LogP contribution in [-0.4, -0.2) is 11.9 Å². The molecule has 0 heterocycles. The number of rotatable bonds is 4. The first kappa shape index (κ1) is 19.7. The Morgan fingerprint density at radius 1 is 1.28 bits per heavy atom. The van der Waals surface area contributed by atoms with Gasteiger partial charge >= 0.3 is 0 Å². The lowest BCUT2D eigenvalue weighted by molar-refractivity contribution is -0.114. The van der Waals surface area contributed by atoms with E-state index in [1.54, 1.807) is 18.1 Å². The number of amides is 1. The van der Waals surface area contributed by atoms with Gasteiger partial charge in [-0.05, 0) is 69.1 Å². The van der Waals surface area contributed by atoms with Crippen LogP contribution in [0.2, 0.25) is 0 Å². The number of aliphatic imine (C=N–C) groups is 1. The van der Waals surface area contributed by atoms with Crippen LogP contribution in [0, 0.1) is 16.7 Å². The Morgan fingerprint density at radius 2 is 1.96 bits per heavy atom. The molecule has 0 aromatic carbocycles. The van der Waals surface area contributed by atoms with Crippen molar-refractivity contribution >= 4 is 11.9 Å². The van der Waals surface area contributed by atoms with Crippen LogP contribution >= 0.6 is 0 Å². The lowest BCUT2D eigenvalue weighted by Gasteiger charge is -2.55. The minimum absolute atomic E-state index is 0.177. The van der Waals surface area contributed by atoms with Crippen LogP contribution in [0.4, 0.5) is 0 Å². The molecule has 4 nitrogen and oxygen atoms in total. The highest BCUT2D eigenvalue weighted by atomic mass is 16.1.